The van der Waals surface area contributed by atoms with Crippen LogP contribution in [0.1, 0.15) is 57.6 Å². The van der Waals surface area contributed by atoms with Crippen molar-refractivity contribution in [2.45, 2.75) is 46.5 Å². The van der Waals surface area contributed by atoms with Crippen LogP contribution in [0.4, 0.5) is 5.69 Å². The van der Waals surface area contributed by atoms with Crippen molar-refractivity contribution in [2.24, 2.45) is 0 Å². The van der Waals surface area contributed by atoms with E-state index in [1.54, 1.807) is 6.07 Å². The van der Waals surface area contributed by atoms with Gasteiger partial charge in [0.1, 0.15) is 0 Å². The summed E-state index contributed by atoms with van der Waals surface area (Å²) in [6.07, 6.45) is 10.9. The first-order valence-corrected chi connectivity index (χ1v) is 15.1. The fourth-order valence-corrected chi connectivity index (χ4v) is 6.66. The van der Waals surface area contributed by atoms with Gasteiger partial charge in [-0.2, -0.15) is 0 Å². The molecule has 0 amide bonds. The number of anilines is 1. The Balaban J connectivity index is 1.59. The molecule has 1 aliphatic heterocycles. The van der Waals surface area contributed by atoms with Crippen LogP contribution in [0.25, 0.3) is 34.7 Å². The summed E-state index contributed by atoms with van der Waals surface area (Å²) in [6, 6.07) is 13.5. The molecule has 1 aromatic heterocycles. The molecule has 0 radical (unpaired) electrons. The molecular weight excluding hydrogens is 549 g/mol. The predicted molar refractivity (Wildman–Crippen MR) is 141 cm³/mol. The maximum absolute atomic E-state index is 12.9. The van der Waals surface area contributed by atoms with Crippen LogP contribution in [-0.4, -0.2) is 27.5 Å². The van der Waals surface area contributed by atoms with Crippen molar-refractivity contribution >= 4 is 28.9 Å². The van der Waals surface area contributed by atoms with Crippen molar-refractivity contribution < 1.29 is 25.6 Å². The number of alkyl halides is 1. The Bertz CT molecular complexity index is 1330. The van der Waals surface area contributed by atoms with E-state index < -0.39 is 0 Å². The molecule has 6 heteroatoms. The number of pyridine rings is 1. The van der Waals surface area contributed by atoms with E-state index in [9.17, 15) is 4.79 Å². The molecule has 2 aromatic rings. The van der Waals surface area contributed by atoms with Crippen molar-refractivity contribution in [3.8, 4) is 11.5 Å². The summed E-state index contributed by atoms with van der Waals surface area (Å²) in [5, 5.41) is 0. The Kier molecular flexibility index (Phi) is 8.90. The van der Waals surface area contributed by atoms with Crippen molar-refractivity contribution in [3.63, 3.8) is 0 Å². The second kappa shape index (κ2) is 12.3. The Hall–Kier alpha value is -2.74. The summed E-state index contributed by atoms with van der Waals surface area (Å²) >= 11 is -0.134. The number of hydrogen-bond acceptors (Lipinski definition) is 5. The molecule has 0 N–H and O–H groups in total. The van der Waals surface area contributed by atoms with Gasteiger partial charge >= 0.3 is 187 Å². The van der Waals surface area contributed by atoms with Gasteiger partial charge in [0.2, 0.25) is 0 Å². The van der Waals surface area contributed by atoms with Crippen LogP contribution >= 0.6 is 0 Å². The van der Waals surface area contributed by atoms with Gasteiger partial charge in [-0.3, -0.25) is 0 Å². The maximum atomic E-state index is 12.9. The topological polar surface area (TPSA) is 59.2 Å². The Labute approximate surface area is 217 Å². The quantitative estimate of drug-likeness (QED) is 0.0891. The summed E-state index contributed by atoms with van der Waals surface area (Å²) in [5.41, 5.74) is 4.89. The van der Waals surface area contributed by atoms with Crippen molar-refractivity contribution in [1.82, 2.24) is 9.97 Å². The van der Waals surface area contributed by atoms with E-state index in [0.717, 1.165) is 29.9 Å². The van der Waals surface area contributed by atoms with Crippen LogP contribution in [0, 0.1) is 3.70 Å². The SMILES string of the molecule is CCCCCC[I-]c1ncccc1/C=C/c1cc2nc3ccc(N(CC)CC)cc3oc-2cc1=O. The standard InChI is InChI=1S/C29H33IN3O2/c1-4-7-8-9-16-30-29-21(11-10-17-31-29)12-13-22-18-25-28(20-26(22)34)35-27-19-23(33(5-2)6-3)14-15-24(27)32-25/h10-15,17-20H,4-9,16H2,1-3H3/q-1/b13-12+. The van der Waals surface area contributed by atoms with E-state index in [1.807, 2.05) is 42.6 Å². The Morgan fingerprint density at radius 2 is 1.80 bits per heavy atom. The second-order valence-corrected chi connectivity index (χ2v) is 11.4. The van der Waals surface area contributed by atoms with Gasteiger partial charge in [-0.05, 0) is 13.8 Å². The molecule has 0 spiro atoms. The molecule has 0 atom stereocenters. The van der Waals surface area contributed by atoms with Gasteiger partial charge in [0.05, 0.1) is 0 Å². The van der Waals surface area contributed by atoms with Crippen molar-refractivity contribution in [2.75, 3.05) is 22.4 Å². The number of benzene rings is 2. The normalized spacial score (nSPS) is 11.7. The molecule has 0 fully saturated rings. The fraction of sp³-hybridized carbons (Fsp3) is 0.345. The van der Waals surface area contributed by atoms with Crippen LogP contribution in [0.5, 0.6) is 0 Å². The number of unbranched alkanes of at least 4 members (excludes halogenated alkanes) is 3. The molecule has 35 heavy (non-hydrogen) atoms. The minimum absolute atomic E-state index is 0.0711. The Morgan fingerprint density at radius 1 is 0.971 bits per heavy atom. The van der Waals surface area contributed by atoms with Gasteiger partial charge in [-0.15, -0.1) is 0 Å². The zero-order valence-corrected chi connectivity index (χ0v) is 22.9. The average Bonchev–Trinajstić information content (AvgIpc) is 2.87. The summed E-state index contributed by atoms with van der Waals surface area (Å²) in [4.78, 5) is 24.5. The molecule has 0 saturated heterocycles. The Morgan fingerprint density at radius 3 is 2.60 bits per heavy atom. The first-order valence-electron chi connectivity index (χ1n) is 12.5. The summed E-state index contributed by atoms with van der Waals surface area (Å²) < 4.78 is 8.53. The van der Waals surface area contributed by atoms with Gasteiger partial charge < -0.3 is 4.90 Å². The number of aromatic nitrogens is 2. The molecule has 2 heterocycles. The summed E-state index contributed by atoms with van der Waals surface area (Å²) in [6.45, 7) is 8.34. The molecule has 1 aliphatic carbocycles. The average molecular weight is 583 g/mol. The first-order chi connectivity index (χ1) is 17.1. The van der Waals surface area contributed by atoms with E-state index in [2.05, 4.69) is 42.8 Å². The van der Waals surface area contributed by atoms with Crippen LogP contribution in [0.3, 0.4) is 0 Å². The molecular formula is C29H33IN3O2-. The monoisotopic (exact) mass is 582 g/mol. The van der Waals surface area contributed by atoms with E-state index in [0.29, 0.717) is 22.6 Å². The number of fused-ring (bicyclic) bond motifs is 2. The number of hydrogen-bond donors (Lipinski definition) is 0. The number of halogens is 1. The molecule has 0 bridgehead atoms. The first kappa shape index (κ1) is 25.4. The minimum atomic E-state index is -0.134. The predicted octanol–water partition coefficient (Wildman–Crippen LogP) is 3.54. The third-order valence-electron chi connectivity index (χ3n) is 6.06. The molecule has 4 rings (SSSR count). The number of nitrogens with zero attached hydrogens (tertiary/aromatic N) is 3. The van der Waals surface area contributed by atoms with Crippen molar-refractivity contribution in [1.29, 1.82) is 0 Å². The van der Waals surface area contributed by atoms with E-state index in [-0.39, 0.29) is 26.6 Å². The van der Waals surface area contributed by atoms with Crippen LogP contribution < -0.4 is 31.5 Å². The van der Waals surface area contributed by atoms with Crippen LogP contribution in [0.2, 0.25) is 0 Å². The molecule has 1 aromatic carbocycles. The van der Waals surface area contributed by atoms with Crippen LogP contribution in [0.15, 0.2) is 57.9 Å². The summed E-state index contributed by atoms with van der Waals surface area (Å²) in [7, 11) is 0. The molecule has 0 unspecified atom stereocenters. The molecule has 184 valence electrons. The molecule has 0 saturated carbocycles. The van der Waals surface area contributed by atoms with E-state index in [4.69, 9.17) is 9.40 Å². The van der Waals surface area contributed by atoms with Gasteiger partial charge in [-0.25, -0.2) is 0 Å². The molecule has 5 nitrogen and oxygen atoms in total. The van der Waals surface area contributed by atoms with Gasteiger partial charge in [0.15, 0.2) is 0 Å². The third kappa shape index (κ3) is 6.28. The zero-order chi connectivity index (χ0) is 24.6. The third-order valence-corrected chi connectivity index (χ3v) is 8.99. The van der Waals surface area contributed by atoms with Gasteiger partial charge in [0, 0.05) is 13.1 Å². The van der Waals surface area contributed by atoms with Crippen LogP contribution in [-0.2, 0) is 0 Å². The van der Waals surface area contributed by atoms with E-state index >= 15 is 0 Å². The fourth-order valence-electron chi connectivity index (χ4n) is 4.07. The zero-order valence-electron chi connectivity index (χ0n) is 20.8. The van der Waals surface area contributed by atoms with E-state index in [1.165, 1.54) is 33.8 Å². The summed E-state index contributed by atoms with van der Waals surface area (Å²) in [5.74, 6) is 0.511. The van der Waals surface area contributed by atoms with Gasteiger partial charge in [0.25, 0.3) is 0 Å². The second-order valence-electron chi connectivity index (χ2n) is 8.50. The van der Waals surface area contributed by atoms with Crippen molar-refractivity contribution in [3.05, 3.63) is 73.7 Å². The van der Waals surface area contributed by atoms with Gasteiger partial charge in [-0.1, -0.05) is 0 Å². The molecule has 2 aliphatic rings. The number of rotatable bonds is 11.